The van der Waals surface area contributed by atoms with Crippen molar-refractivity contribution in [2.45, 2.75) is 37.6 Å². The van der Waals surface area contributed by atoms with Crippen molar-refractivity contribution in [1.82, 2.24) is 19.2 Å². The number of hydrogen-bond donors (Lipinski definition) is 2. The number of aliphatic hydroxyl groups excluding tert-OH is 1. The van der Waals surface area contributed by atoms with E-state index in [1.165, 1.54) is 22.5 Å². The summed E-state index contributed by atoms with van der Waals surface area (Å²) in [6.45, 7) is 5.12. The quantitative estimate of drug-likeness (QED) is 0.220. The number of hydrogen-bond acceptors (Lipinski definition) is 7. The van der Waals surface area contributed by atoms with Crippen molar-refractivity contribution < 1.29 is 37.1 Å². The van der Waals surface area contributed by atoms with Crippen molar-refractivity contribution in [3.63, 3.8) is 0 Å². The molecule has 1 aromatic carbocycles. The largest absolute Gasteiger partial charge is 1.00 e. The topological polar surface area (TPSA) is 138 Å². The van der Waals surface area contributed by atoms with Crippen molar-refractivity contribution in [1.29, 1.82) is 0 Å². The van der Waals surface area contributed by atoms with E-state index in [2.05, 4.69) is 16.0 Å². The first-order valence-electron chi connectivity index (χ1n) is 10.9. The molecule has 0 unspecified atom stereocenters. The Morgan fingerprint density at radius 2 is 2.06 bits per heavy atom. The van der Waals surface area contributed by atoms with Gasteiger partial charge >= 0.3 is 18.9 Å². The molecule has 0 spiro atoms. The van der Waals surface area contributed by atoms with Crippen LogP contribution in [0.3, 0.4) is 0 Å². The van der Waals surface area contributed by atoms with Crippen LogP contribution in [-0.2, 0) is 10.0 Å². The summed E-state index contributed by atoms with van der Waals surface area (Å²) in [4.78, 5) is 21.0. The van der Waals surface area contributed by atoms with Crippen molar-refractivity contribution in [3.05, 3.63) is 53.1 Å². The molecular formula is C23H32LiN5O5S-2. The van der Waals surface area contributed by atoms with Gasteiger partial charge in [-0.15, -0.1) is 12.1 Å². The van der Waals surface area contributed by atoms with Gasteiger partial charge in [0.2, 0.25) is 10.0 Å². The average molecular weight is 498 g/mol. The van der Waals surface area contributed by atoms with Crippen molar-refractivity contribution >= 4 is 15.7 Å². The van der Waals surface area contributed by atoms with Gasteiger partial charge in [0.05, 0.1) is 23.7 Å². The number of rotatable bonds is 11. The molecule has 1 aliphatic rings. The average Bonchev–Trinajstić information content (AvgIpc) is 2.72. The molecule has 1 saturated heterocycles. The number of H-pyrrole nitrogens is 1. The summed E-state index contributed by atoms with van der Waals surface area (Å²) in [7, 11) is -1.94. The predicted molar refractivity (Wildman–Crippen MR) is 131 cm³/mol. The molecule has 188 valence electrons. The van der Waals surface area contributed by atoms with Gasteiger partial charge in [-0.3, -0.25) is 14.7 Å². The molecule has 35 heavy (non-hydrogen) atoms. The molecule has 1 aliphatic heterocycles. The maximum absolute atomic E-state index is 13.2. The molecule has 2 heterocycles. The molecule has 3 rings (SSSR count). The zero-order chi connectivity index (χ0) is 24.2. The molecule has 0 amide bonds. The Labute approximate surface area is 219 Å². The van der Waals surface area contributed by atoms with E-state index < -0.39 is 15.6 Å². The van der Waals surface area contributed by atoms with Gasteiger partial charge in [0.15, 0.2) is 5.56 Å². The number of likely N-dealkylation sites (N-methyl/N-ethyl adjacent to an activating group) is 1. The number of aromatic amines is 1. The van der Waals surface area contributed by atoms with Crippen molar-refractivity contribution in [3.8, 4) is 17.1 Å². The van der Waals surface area contributed by atoms with Crippen LogP contribution >= 0.6 is 0 Å². The Morgan fingerprint density at radius 3 is 2.66 bits per heavy atom. The summed E-state index contributed by atoms with van der Waals surface area (Å²) in [6.07, 6.45) is 0.992. The smallest absolute Gasteiger partial charge is 0.906 e. The molecule has 12 heteroatoms. The summed E-state index contributed by atoms with van der Waals surface area (Å²) in [5.41, 5.74) is -0.344. The van der Waals surface area contributed by atoms with E-state index in [1.54, 1.807) is 6.92 Å². The molecule has 0 bridgehead atoms. The third-order valence-corrected chi connectivity index (χ3v) is 7.32. The van der Waals surface area contributed by atoms with Crippen LogP contribution in [0.5, 0.6) is 5.75 Å². The van der Waals surface area contributed by atoms with Gasteiger partial charge in [-0.1, -0.05) is 13.3 Å². The number of aliphatic hydroxyl groups is 1. The number of nitrogens with zero attached hydrogens (tertiary/aromatic N) is 4. The molecule has 0 saturated carbocycles. The number of aromatic nitrogens is 2. The Bertz CT molecular complexity index is 1170. The first-order chi connectivity index (χ1) is 15.7. The van der Waals surface area contributed by atoms with Gasteiger partial charge in [0, 0.05) is 25.7 Å². The predicted octanol–water partition coefficient (Wildman–Crippen LogP) is -1.45. The van der Waals surface area contributed by atoms with Crippen LogP contribution in [0.4, 0.5) is 0 Å². The molecule has 2 N–H and O–H groups in total. The third-order valence-electron chi connectivity index (χ3n) is 5.50. The van der Waals surface area contributed by atoms with E-state index in [1.807, 2.05) is 18.9 Å². The second-order valence-electron chi connectivity index (χ2n) is 7.86. The minimum absolute atomic E-state index is 0. The molecule has 1 fully saturated rings. The number of sulfonamides is 1. The molecule has 0 radical (unpaired) electrons. The Morgan fingerprint density at radius 1 is 1.37 bits per heavy atom. The summed E-state index contributed by atoms with van der Waals surface area (Å²) in [6, 6.07) is 6.92. The van der Waals surface area contributed by atoms with Crippen LogP contribution in [0, 0.1) is 13.5 Å². The monoisotopic (exact) mass is 497 g/mol. The van der Waals surface area contributed by atoms with E-state index in [-0.39, 0.29) is 61.1 Å². The van der Waals surface area contributed by atoms with Crippen molar-refractivity contribution in [2.24, 2.45) is 0 Å². The van der Waals surface area contributed by atoms with Gasteiger partial charge in [-0.2, -0.15) is 10.4 Å². The van der Waals surface area contributed by atoms with E-state index in [0.717, 1.165) is 0 Å². The standard InChI is InChI=1S/C22H29N5O5S.CH3.Li/c1-4-6-18(23)19-12-21(29)25-22(24-19)17-11-16(7-8-20(17)32-5-2)33(30,31)27-13-15(14-27)26(3)9-10-28;;/h7-8,11,15,28H,4-6,9-10,13-14H2,1-3H3,(H,24,25,29);1H3;/q-2;-1;+1. The molecule has 0 aliphatic carbocycles. The van der Waals surface area contributed by atoms with E-state index in [0.29, 0.717) is 50.4 Å². The fraction of sp³-hybridized carbons (Fsp3) is 0.478. The third kappa shape index (κ3) is 7.03. The fourth-order valence-electron chi connectivity index (χ4n) is 3.55. The van der Waals surface area contributed by atoms with E-state index >= 15 is 0 Å². The van der Waals surface area contributed by atoms with Gasteiger partial charge in [-0.05, 0) is 32.2 Å². The molecule has 10 nitrogen and oxygen atoms in total. The minimum atomic E-state index is -3.78. The Kier molecular flexibility index (Phi) is 11.8. The van der Waals surface area contributed by atoms with Crippen LogP contribution in [-0.4, -0.2) is 84.3 Å². The first-order valence-corrected chi connectivity index (χ1v) is 12.3. The number of ether oxygens (including phenoxy) is 1. The Hall–Kier alpha value is -2.00. The maximum Gasteiger partial charge on any atom is 1.00 e. The molecular weight excluding hydrogens is 465 g/mol. The summed E-state index contributed by atoms with van der Waals surface area (Å²) >= 11 is 0. The van der Waals surface area contributed by atoms with Crippen molar-refractivity contribution in [2.75, 3.05) is 39.9 Å². The minimum Gasteiger partial charge on any atom is -0.906 e. The second-order valence-corrected chi connectivity index (χ2v) is 9.79. The van der Waals surface area contributed by atoms with Crippen LogP contribution in [0.15, 0.2) is 27.9 Å². The van der Waals surface area contributed by atoms with Crippen LogP contribution in [0.2, 0.25) is 0 Å². The second kappa shape index (κ2) is 13.3. The molecule has 1 aromatic heterocycles. The molecule has 0 atom stereocenters. The van der Waals surface area contributed by atoms with Crippen LogP contribution in [0.25, 0.3) is 16.8 Å². The summed E-state index contributed by atoms with van der Waals surface area (Å²) in [5, 5.41) is 19.3. The van der Waals surface area contributed by atoms with Gasteiger partial charge < -0.3 is 33.4 Å². The zero-order valence-corrected chi connectivity index (χ0v) is 21.9. The van der Waals surface area contributed by atoms with E-state index in [9.17, 15) is 18.6 Å². The normalized spacial score (nSPS) is 14.1. The van der Waals surface area contributed by atoms with Gasteiger partial charge in [-0.25, -0.2) is 8.42 Å². The van der Waals surface area contributed by atoms with Gasteiger partial charge in [0.1, 0.15) is 11.6 Å². The summed E-state index contributed by atoms with van der Waals surface area (Å²) in [5.74, 6) is 0.442. The molecule has 2 aromatic rings. The van der Waals surface area contributed by atoms with Crippen LogP contribution in [0.1, 0.15) is 32.4 Å². The van der Waals surface area contributed by atoms with Crippen LogP contribution < -0.4 is 29.2 Å². The SMILES string of the molecule is CCCC(=[N-])c1[c-]c(=O)[nH]c(-c2cc(S(=O)(=O)N3CC(N(C)CCO)C3)ccc2OCC)n1.[CH3-].[Li+]. The maximum atomic E-state index is 13.2. The summed E-state index contributed by atoms with van der Waals surface area (Å²) < 4.78 is 33.4. The first kappa shape index (κ1) is 31.0. The zero-order valence-electron chi connectivity index (χ0n) is 21.0. The number of nitrogens with one attached hydrogen (secondary N) is 1. The Balaban J connectivity index is 0.00000306. The number of benzene rings is 1. The van der Waals surface area contributed by atoms with Gasteiger partial charge in [0.25, 0.3) is 0 Å². The fourth-order valence-corrected chi connectivity index (χ4v) is 5.09. The van der Waals surface area contributed by atoms with E-state index in [4.69, 9.17) is 9.84 Å².